The van der Waals surface area contributed by atoms with E-state index in [0.29, 0.717) is 23.5 Å². The first-order valence-corrected chi connectivity index (χ1v) is 13.8. The number of hydrogen-bond acceptors (Lipinski definition) is 2. The summed E-state index contributed by atoms with van der Waals surface area (Å²) in [6.07, 6.45) is 6.51. The molecule has 1 aromatic rings. The summed E-state index contributed by atoms with van der Waals surface area (Å²) in [6, 6.07) is 6.72. The van der Waals surface area contributed by atoms with E-state index in [1.807, 2.05) is 0 Å². The van der Waals surface area contributed by atoms with Gasteiger partial charge in [-0.25, -0.2) is 0 Å². The molecule has 2 nitrogen and oxygen atoms in total. The molecule has 4 atom stereocenters. The molecule has 0 aromatic heterocycles. The topological polar surface area (TPSA) is 26.3 Å². The molecule has 0 spiro atoms. The fourth-order valence-electron chi connectivity index (χ4n) is 5.89. The first-order chi connectivity index (χ1) is 12.5. The molecule has 0 N–H and O–H groups in total. The highest BCUT2D eigenvalue weighted by atomic mass is 28.4. The SMILES string of the molecule is CC(C)(C)[Si](C)(C)Oc1cccc2c1[C@H]1CC[C@]3(C)C(=O)CC[C@H]3[C@@H]1CC2. The summed E-state index contributed by atoms with van der Waals surface area (Å²) in [6.45, 7) is 13.9. The quantitative estimate of drug-likeness (QED) is 0.544. The number of Topliss-reactive ketones (excluding diaryl/α,β-unsaturated/α-hetero) is 1. The molecule has 148 valence electrons. The molecular formula is C24H36O2Si. The Morgan fingerprint density at radius 2 is 1.85 bits per heavy atom. The average Bonchev–Trinajstić information content (AvgIpc) is 2.89. The average molecular weight is 385 g/mol. The third kappa shape index (κ3) is 2.92. The zero-order valence-corrected chi connectivity index (χ0v) is 19.0. The zero-order valence-electron chi connectivity index (χ0n) is 18.0. The molecule has 1 aromatic carbocycles. The van der Waals surface area contributed by atoms with Crippen LogP contribution in [0.5, 0.6) is 5.75 Å². The van der Waals surface area contributed by atoms with E-state index < -0.39 is 8.32 Å². The Morgan fingerprint density at radius 3 is 2.56 bits per heavy atom. The van der Waals surface area contributed by atoms with Crippen LogP contribution in [0.4, 0.5) is 0 Å². The Bertz CT molecular complexity index is 760. The summed E-state index contributed by atoms with van der Waals surface area (Å²) in [4.78, 5) is 12.6. The van der Waals surface area contributed by atoms with E-state index in [4.69, 9.17) is 4.43 Å². The number of aryl methyl sites for hydroxylation is 1. The lowest BCUT2D eigenvalue weighted by molar-refractivity contribution is -0.129. The van der Waals surface area contributed by atoms with Crippen LogP contribution in [0.15, 0.2) is 18.2 Å². The summed E-state index contributed by atoms with van der Waals surface area (Å²) in [5, 5.41) is 0.201. The summed E-state index contributed by atoms with van der Waals surface area (Å²) < 4.78 is 6.84. The van der Waals surface area contributed by atoms with E-state index in [0.717, 1.165) is 37.9 Å². The van der Waals surface area contributed by atoms with Crippen molar-refractivity contribution in [1.82, 2.24) is 0 Å². The maximum atomic E-state index is 12.6. The van der Waals surface area contributed by atoms with E-state index in [9.17, 15) is 4.79 Å². The highest BCUT2D eigenvalue weighted by Crippen LogP contribution is 2.60. The minimum Gasteiger partial charge on any atom is -0.543 e. The Kier molecular flexibility index (Phi) is 4.42. The van der Waals surface area contributed by atoms with Crippen molar-refractivity contribution < 1.29 is 9.22 Å². The van der Waals surface area contributed by atoms with Gasteiger partial charge < -0.3 is 4.43 Å². The largest absolute Gasteiger partial charge is 0.543 e. The molecule has 2 saturated carbocycles. The van der Waals surface area contributed by atoms with Crippen molar-refractivity contribution in [2.75, 3.05) is 0 Å². The van der Waals surface area contributed by atoms with Gasteiger partial charge in [-0.3, -0.25) is 4.79 Å². The molecule has 27 heavy (non-hydrogen) atoms. The normalized spacial score (nSPS) is 33.3. The van der Waals surface area contributed by atoms with Crippen LogP contribution in [-0.4, -0.2) is 14.1 Å². The minimum absolute atomic E-state index is 0.0477. The fraction of sp³-hybridized carbons (Fsp3) is 0.708. The first-order valence-electron chi connectivity index (χ1n) is 10.9. The lowest BCUT2D eigenvalue weighted by Crippen LogP contribution is -2.45. The number of ketones is 1. The third-order valence-corrected chi connectivity index (χ3v) is 12.9. The number of rotatable bonds is 2. The molecule has 0 aliphatic heterocycles. The smallest absolute Gasteiger partial charge is 0.250 e. The molecule has 0 heterocycles. The molecule has 0 amide bonds. The molecule has 2 fully saturated rings. The zero-order chi connectivity index (χ0) is 19.6. The van der Waals surface area contributed by atoms with Crippen LogP contribution in [0, 0.1) is 17.3 Å². The van der Waals surface area contributed by atoms with E-state index in [-0.39, 0.29) is 10.5 Å². The van der Waals surface area contributed by atoms with Crippen molar-refractivity contribution in [3.63, 3.8) is 0 Å². The van der Waals surface area contributed by atoms with Crippen LogP contribution >= 0.6 is 0 Å². The van der Waals surface area contributed by atoms with Crippen molar-refractivity contribution in [3.8, 4) is 5.75 Å². The molecule has 0 bridgehead atoms. The van der Waals surface area contributed by atoms with Gasteiger partial charge in [0.15, 0.2) is 0 Å². The fourth-order valence-corrected chi connectivity index (χ4v) is 6.92. The Balaban J connectivity index is 1.71. The highest BCUT2D eigenvalue weighted by molar-refractivity contribution is 6.74. The summed E-state index contributed by atoms with van der Waals surface area (Å²) in [7, 11) is -1.87. The Morgan fingerprint density at radius 1 is 1.11 bits per heavy atom. The van der Waals surface area contributed by atoms with Gasteiger partial charge in [-0.15, -0.1) is 0 Å². The van der Waals surface area contributed by atoms with E-state index >= 15 is 0 Å². The Hall–Kier alpha value is -1.09. The molecular weight excluding hydrogens is 348 g/mol. The molecule has 4 rings (SSSR count). The van der Waals surface area contributed by atoms with Gasteiger partial charge in [-0.1, -0.05) is 39.8 Å². The second-order valence-corrected chi connectivity index (χ2v) is 15.7. The van der Waals surface area contributed by atoms with E-state index in [2.05, 4.69) is 59.0 Å². The second-order valence-electron chi connectivity index (χ2n) is 11.0. The summed E-state index contributed by atoms with van der Waals surface area (Å²) in [5.74, 6) is 3.51. The van der Waals surface area contributed by atoms with Crippen LogP contribution in [-0.2, 0) is 11.2 Å². The van der Waals surface area contributed by atoms with Gasteiger partial charge in [0.25, 0.3) is 0 Å². The molecule has 0 saturated heterocycles. The maximum Gasteiger partial charge on any atom is 0.250 e. The van der Waals surface area contributed by atoms with Gasteiger partial charge in [0.2, 0.25) is 8.32 Å². The van der Waals surface area contributed by atoms with Crippen LogP contribution < -0.4 is 4.43 Å². The lowest BCUT2D eigenvalue weighted by atomic mass is 9.55. The first kappa shape index (κ1) is 19.2. The van der Waals surface area contributed by atoms with Gasteiger partial charge in [-0.05, 0) is 85.2 Å². The number of fused-ring (bicyclic) bond motifs is 5. The van der Waals surface area contributed by atoms with Gasteiger partial charge in [0.1, 0.15) is 11.5 Å². The molecule has 3 aliphatic carbocycles. The second kappa shape index (κ2) is 6.20. The maximum absolute atomic E-state index is 12.6. The molecule has 3 aliphatic rings. The highest BCUT2D eigenvalue weighted by Gasteiger charge is 2.55. The van der Waals surface area contributed by atoms with Crippen LogP contribution in [0.1, 0.15) is 76.8 Å². The van der Waals surface area contributed by atoms with Gasteiger partial charge in [-0.2, -0.15) is 0 Å². The van der Waals surface area contributed by atoms with E-state index in [1.165, 1.54) is 17.5 Å². The van der Waals surface area contributed by atoms with Crippen LogP contribution in [0.25, 0.3) is 0 Å². The van der Waals surface area contributed by atoms with Gasteiger partial charge >= 0.3 is 0 Å². The molecule has 3 heteroatoms. The van der Waals surface area contributed by atoms with Crippen molar-refractivity contribution >= 4 is 14.1 Å². The molecule has 0 unspecified atom stereocenters. The van der Waals surface area contributed by atoms with Crippen molar-refractivity contribution in [1.29, 1.82) is 0 Å². The van der Waals surface area contributed by atoms with Crippen molar-refractivity contribution in [2.45, 2.75) is 90.3 Å². The lowest BCUT2D eigenvalue weighted by Gasteiger charge is -2.49. The van der Waals surface area contributed by atoms with Gasteiger partial charge in [0, 0.05) is 11.8 Å². The van der Waals surface area contributed by atoms with Crippen LogP contribution in [0.2, 0.25) is 18.1 Å². The predicted molar refractivity (Wildman–Crippen MR) is 114 cm³/mol. The van der Waals surface area contributed by atoms with E-state index in [1.54, 1.807) is 0 Å². The molecule has 0 radical (unpaired) electrons. The standard InChI is InChI=1S/C24H36O2Si/c1-23(2,3)27(5,6)26-20-9-7-8-16-10-11-17-18(22(16)20)14-15-24(4)19(17)12-13-21(24)25/h7-9,17-19H,10-15H2,1-6H3/t17-,18+,19+,24+/m1/s1. The monoisotopic (exact) mass is 384 g/mol. The predicted octanol–water partition coefficient (Wildman–Crippen LogP) is 6.50. The minimum atomic E-state index is -1.87. The number of benzene rings is 1. The van der Waals surface area contributed by atoms with Crippen LogP contribution in [0.3, 0.4) is 0 Å². The summed E-state index contributed by atoms with van der Waals surface area (Å²) >= 11 is 0. The Labute approximate surface area is 166 Å². The van der Waals surface area contributed by atoms with Crippen molar-refractivity contribution in [2.24, 2.45) is 17.3 Å². The summed E-state index contributed by atoms with van der Waals surface area (Å²) in [5.41, 5.74) is 2.95. The third-order valence-electron chi connectivity index (χ3n) is 8.59. The van der Waals surface area contributed by atoms with Gasteiger partial charge in [0.05, 0.1) is 0 Å². The number of hydrogen-bond donors (Lipinski definition) is 0. The van der Waals surface area contributed by atoms with Crippen molar-refractivity contribution in [3.05, 3.63) is 29.3 Å². The number of carbonyl (C=O) groups excluding carboxylic acids is 1. The number of carbonyl (C=O) groups is 1.